The van der Waals surface area contributed by atoms with Crippen molar-refractivity contribution in [2.24, 2.45) is 0 Å². The first kappa shape index (κ1) is 21.8. The van der Waals surface area contributed by atoms with Gasteiger partial charge in [-0.2, -0.15) is 13.2 Å². The van der Waals surface area contributed by atoms with Crippen LogP contribution >= 0.6 is 69.6 Å². The topological polar surface area (TPSA) is 12.9 Å². The van der Waals surface area contributed by atoms with E-state index in [1.165, 1.54) is 24.3 Å². The van der Waals surface area contributed by atoms with Crippen LogP contribution in [0.1, 0.15) is 5.56 Å². The predicted molar refractivity (Wildman–Crippen MR) is 110 cm³/mol. The molecule has 10 heteroatoms. The van der Waals surface area contributed by atoms with Crippen LogP contribution in [-0.4, -0.2) is 4.98 Å². The lowest BCUT2D eigenvalue weighted by atomic mass is 9.97. The van der Waals surface area contributed by atoms with Crippen LogP contribution in [0.15, 0.2) is 36.5 Å². The smallest absolute Gasteiger partial charge is 0.255 e. The van der Waals surface area contributed by atoms with Crippen molar-refractivity contribution >= 4 is 69.6 Å². The number of rotatable bonds is 2. The Kier molecular flexibility index (Phi) is 6.31. The summed E-state index contributed by atoms with van der Waals surface area (Å²) in [6.45, 7) is 0. The number of hydrogen-bond donors (Lipinski definition) is 0. The molecular weight excluding hydrogens is 500 g/mol. The Hall–Kier alpha value is -0.880. The van der Waals surface area contributed by atoms with Gasteiger partial charge in [-0.3, -0.25) is 4.98 Å². The SMILES string of the molecule is FC(F)(F)c1cnc(-c2ccc(Cl)c(Cl)c2Cl)c(-c2ccc(Cl)c(Cl)c2Cl)c1. The van der Waals surface area contributed by atoms with Gasteiger partial charge in [0.15, 0.2) is 0 Å². The highest BCUT2D eigenvalue weighted by atomic mass is 35.5. The van der Waals surface area contributed by atoms with E-state index in [9.17, 15) is 13.2 Å². The fourth-order valence-corrected chi connectivity index (χ4v) is 3.74. The normalized spacial score (nSPS) is 11.8. The molecule has 0 aliphatic heterocycles. The summed E-state index contributed by atoms with van der Waals surface area (Å²) in [4.78, 5) is 3.98. The van der Waals surface area contributed by atoms with E-state index in [0.29, 0.717) is 6.20 Å². The minimum Gasteiger partial charge on any atom is -0.255 e. The summed E-state index contributed by atoms with van der Waals surface area (Å²) in [7, 11) is 0. The second-order valence-corrected chi connectivity index (χ2v) is 7.89. The molecule has 0 spiro atoms. The first-order chi connectivity index (χ1) is 13.0. The first-order valence-corrected chi connectivity index (χ1v) is 9.64. The van der Waals surface area contributed by atoms with Gasteiger partial charge >= 0.3 is 6.18 Å². The van der Waals surface area contributed by atoms with Crippen molar-refractivity contribution in [3.8, 4) is 22.4 Å². The Morgan fingerprint density at radius 3 is 1.68 bits per heavy atom. The van der Waals surface area contributed by atoms with Crippen molar-refractivity contribution in [2.45, 2.75) is 6.18 Å². The molecule has 0 saturated heterocycles. The Morgan fingerprint density at radius 2 is 1.14 bits per heavy atom. The third-order valence-electron chi connectivity index (χ3n) is 3.83. The Labute approximate surface area is 187 Å². The molecule has 0 N–H and O–H groups in total. The predicted octanol–water partition coefficient (Wildman–Crippen LogP) is 9.35. The highest BCUT2D eigenvalue weighted by Crippen LogP contribution is 2.45. The minimum atomic E-state index is -4.62. The van der Waals surface area contributed by atoms with Gasteiger partial charge in [-0.05, 0) is 24.3 Å². The maximum absolute atomic E-state index is 13.3. The van der Waals surface area contributed by atoms with Gasteiger partial charge in [-0.15, -0.1) is 0 Å². The molecule has 0 amide bonds. The van der Waals surface area contributed by atoms with Gasteiger partial charge in [0.05, 0.1) is 41.4 Å². The fraction of sp³-hybridized carbons (Fsp3) is 0.0556. The van der Waals surface area contributed by atoms with Crippen molar-refractivity contribution in [1.29, 1.82) is 0 Å². The van der Waals surface area contributed by atoms with Crippen molar-refractivity contribution in [3.63, 3.8) is 0 Å². The van der Waals surface area contributed by atoms with Crippen LogP contribution in [0.4, 0.5) is 13.2 Å². The zero-order valence-corrected chi connectivity index (χ0v) is 17.8. The molecule has 1 nitrogen and oxygen atoms in total. The van der Waals surface area contributed by atoms with E-state index in [4.69, 9.17) is 69.6 Å². The largest absolute Gasteiger partial charge is 0.417 e. The fourth-order valence-electron chi connectivity index (χ4n) is 2.48. The average Bonchev–Trinajstić information content (AvgIpc) is 2.64. The van der Waals surface area contributed by atoms with Crippen molar-refractivity contribution < 1.29 is 13.2 Å². The highest BCUT2D eigenvalue weighted by molar-refractivity contribution is 6.50. The zero-order chi connectivity index (χ0) is 20.8. The summed E-state index contributed by atoms with van der Waals surface area (Å²) in [6.07, 6.45) is -3.92. The van der Waals surface area contributed by atoms with Crippen molar-refractivity contribution in [2.75, 3.05) is 0 Å². The maximum Gasteiger partial charge on any atom is 0.417 e. The lowest BCUT2D eigenvalue weighted by molar-refractivity contribution is -0.137. The van der Waals surface area contributed by atoms with Crippen molar-refractivity contribution in [1.82, 2.24) is 4.98 Å². The zero-order valence-electron chi connectivity index (χ0n) is 13.3. The van der Waals surface area contributed by atoms with Gasteiger partial charge in [0.1, 0.15) is 0 Å². The molecule has 0 atom stereocenters. The number of alkyl halides is 3. The molecule has 0 saturated carbocycles. The lowest BCUT2D eigenvalue weighted by Crippen LogP contribution is -2.07. The Balaban J connectivity index is 2.37. The van der Waals surface area contributed by atoms with E-state index >= 15 is 0 Å². The number of nitrogens with zero attached hydrogens (tertiary/aromatic N) is 1. The standard InChI is InChI=1S/C18H6Cl6F3N/c19-11-3-1-8(13(21)15(11)23)10-5-7(18(25,26)27)6-28-17(10)9-2-4-12(20)16(24)14(9)22/h1-6H. The van der Waals surface area contributed by atoms with Gasteiger partial charge in [0.25, 0.3) is 0 Å². The monoisotopic (exact) mass is 503 g/mol. The molecule has 0 radical (unpaired) electrons. The van der Waals surface area contributed by atoms with Crippen LogP contribution in [0.3, 0.4) is 0 Å². The third-order valence-corrected chi connectivity index (χ3v) is 6.42. The molecule has 0 aliphatic rings. The molecule has 3 aromatic rings. The summed E-state index contributed by atoms with van der Waals surface area (Å²) in [5.41, 5.74) is -0.311. The molecule has 0 aliphatic carbocycles. The molecular formula is C18H6Cl6F3N. The van der Waals surface area contributed by atoms with Gasteiger partial charge in [0.2, 0.25) is 0 Å². The first-order valence-electron chi connectivity index (χ1n) is 7.37. The van der Waals surface area contributed by atoms with Gasteiger partial charge < -0.3 is 0 Å². The molecule has 0 bridgehead atoms. The second-order valence-electron chi connectivity index (χ2n) is 5.56. The molecule has 3 rings (SSSR count). The molecule has 1 aromatic heterocycles. The molecule has 28 heavy (non-hydrogen) atoms. The average molecular weight is 506 g/mol. The molecule has 0 unspecified atom stereocenters. The number of benzene rings is 2. The van der Waals surface area contributed by atoms with Crippen LogP contribution in [-0.2, 0) is 6.18 Å². The van der Waals surface area contributed by atoms with Crippen LogP contribution in [0.2, 0.25) is 30.1 Å². The Morgan fingerprint density at radius 1 is 0.643 bits per heavy atom. The maximum atomic E-state index is 13.3. The number of pyridine rings is 1. The van der Waals surface area contributed by atoms with Crippen molar-refractivity contribution in [3.05, 3.63) is 72.2 Å². The number of aromatic nitrogens is 1. The summed E-state index contributed by atoms with van der Waals surface area (Å²) in [6, 6.07) is 6.74. The molecule has 2 aromatic carbocycles. The van der Waals surface area contributed by atoms with Gasteiger partial charge in [-0.25, -0.2) is 0 Å². The molecule has 0 fully saturated rings. The van der Waals surface area contributed by atoms with E-state index in [0.717, 1.165) is 6.07 Å². The minimum absolute atomic E-state index is 0.00410. The number of halogens is 9. The van der Waals surface area contributed by atoms with Crippen LogP contribution < -0.4 is 0 Å². The molecule has 146 valence electrons. The summed E-state index contributed by atoms with van der Waals surface area (Å²) >= 11 is 36.5. The van der Waals surface area contributed by atoms with Gasteiger partial charge in [-0.1, -0.05) is 75.7 Å². The second kappa shape index (κ2) is 8.10. The van der Waals surface area contributed by atoms with E-state index in [2.05, 4.69) is 4.98 Å². The third kappa shape index (κ3) is 4.04. The van der Waals surface area contributed by atoms with Crippen LogP contribution in [0.5, 0.6) is 0 Å². The van der Waals surface area contributed by atoms with E-state index < -0.39 is 11.7 Å². The van der Waals surface area contributed by atoms with E-state index in [1.54, 1.807) is 0 Å². The molecule has 1 heterocycles. The summed E-state index contributed by atoms with van der Waals surface area (Å²) < 4.78 is 39.8. The Bertz CT molecular complexity index is 1080. The lowest BCUT2D eigenvalue weighted by Gasteiger charge is -2.16. The highest BCUT2D eigenvalue weighted by Gasteiger charge is 2.32. The van der Waals surface area contributed by atoms with E-state index in [1.807, 2.05) is 0 Å². The van der Waals surface area contributed by atoms with Crippen LogP contribution in [0, 0.1) is 0 Å². The quantitative estimate of drug-likeness (QED) is 0.316. The summed E-state index contributed by atoms with van der Waals surface area (Å²) in [5.74, 6) is 0. The number of hydrogen-bond acceptors (Lipinski definition) is 1. The summed E-state index contributed by atoms with van der Waals surface area (Å²) in [5, 5.41) is 0.422. The van der Waals surface area contributed by atoms with Crippen LogP contribution in [0.25, 0.3) is 22.4 Å². The van der Waals surface area contributed by atoms with Gasteiger partial charge in [0, 0.05) is 22.9 Å². The van der Waals surface area contributed by atoms with E-state index in [-0.39, 0.29) is 52.5 Å².